The molecule has 0 aliphatic rings. The lowest BCUT2D eigenvalue weighted by molar-refractivity contribution is 0.0946. The number of amides is 1. The Morgan fingerprint density at radius 2 is 2.32 bits per heavy atom. The van der Waals surface area contributed by atoms with Gasteiger partial charge in [-0.2, -0.15) is 5.10 Å². The highest BCUT2D eigenvalue weighted by atomic mass is 16.5. The number of nitrogens with one attached hydrogen (secondary N) is 1. The smallest absolute Gasteiger partial charge is 0.270 e. The molecule has 0 unspecified atom stereocenters. The van der Waals surface area contributed by atoms with Crippen LogP contribution < -0.4 is 10.1 Å². The third-order valence-electron chi connectivity index (χ3n) is 2.26. The second-order valence-electron chi connectivity index (χ2n) is 3.59. The molecule has 2 aromatic rings. The largest absolute Gasteiger partial charge is 0.478 e. The second kappa shape index (κ2) is 6.43. The fourth-order valence-electron chi connectivity index (χ4n) is 1.41. The Morgan fingerprint density at radius 3 is 3.05 bits per heavy atom. The molecular formula is C11H14N6O2. The molecule has 19 heavy (non-hydrogen) atoms. The molecule has 100 valence electrons. The maximum atomic E-state index is 11.8. The van der Waals surface area contributed by atoms with Crippen molar-refractivity contribution in [1.29, 1.82) is 0 Å². The van der Waals surface area contributed by atoms with Gasteiger partial charge in [0.15, 0.2) is 0 Å². The van der Waals surface area contributed by atoms with E-state index in [2.05, 4.69) is 25.4 Å². The summed E-state index contributed by atoms with van der Waals surface area (Å²) in [7, 11) is 0. The number of carbonyl (C=O) groups is 1. The minimum atomic E-state index is -0.275. The van der Waals surface area contributed by atoms with Gasteiger partial charge in [-0.1, -0.05) is 0 Å². The molecule has 0 spiro atoms. The maximum Gasteiger partial charge on any atom is 0.270 e. The van der Waals surface area contributed by atoms with Gasteiger partial charge in [0, 0.05) is 12.6 Å². The van der Waals surface area contributed by atoms with Gasteiger partial charge in [0.2, 0.25) is 5.88 Å². The van der Waals surface area contributed by atoms with Crippen molar-refractivity contribution >= 4 is 5.91 Å². The van der Waals surface area contributed by atoms with E-state index in [1.54, 1.807) is 11.0 Å². The van der Waals surface area contributed by atoms with E-state index in [9.17, 15) is 4.79 Å². The summed E-state index contributed by atoms with van der Waals surface area (Å²) in [4.78, 5) is 23.4. The topological polar surface area (TPSA) is 94.8 Å². The zero-order valence-electron chi connectivity index (χ0n) is 10.5. The molecule has 8 nitrogen and oxygen atoms in total. The maximum absolute atomic E-state index is 11.8. The highest BCUT2D eigenvalue weighted by molar-refractivity contribution is 5.92. The lowest BCUT2D eigenvalue weighted by atomic mass is 10.3. The van der Waals surface area contributed by atoms with Gasteiger partial charge in [-0.15, -0.1) is 0 Å². The Hall–Kier alpha value is -2.51. The molecule has 0 saturated carbocycles. The van der Waals surface area contributed by atoms with Gasteiger partial charge in [-0.05, 0) is 6.92 Å². The first-order valence-corrected chi connectivity index (χ1v) is 5.85. The van der Waals surface area contributed by atoms with Crippen LogP contribution in [0.4, 0.5) is 0 Å². The van der Waals surface area contributed by atoms with Gasteiger partial charge >= 0.3 is 0 Å². The summed E-state index contributed by atoms with van der Waals surface area (Å²) >= 11 is 0. The van der Waals surface area contributed by atoms with Crippen molar-refractivity contribution in [2.75, 3.05) is 13.2 Å². The molecule has 8 heteroatoms. The van der Waals surface area contributed by atoms with Gasteiger partial charge in [0.05, 0.1) is 13.2 Å². The number of hydrogen-bond donors (Lipinski definition) is 1. The standard InChI is InChI=1S/C11H14N6O2/c1-2-19-10-5-9(14-7-15-10)11(18)13-3-4-17-8-12-6-16-17/h5-8H,2-4H2,1H3,(H,13,18). The second-order valence-corrected chi connectivity index (χ2v) is 3.59. The summed E-state index contributed by atoms with van der Waals surface area (Å²) < 4.78 is 6.84. The molecule has 1 N–H and O–H groups in total. The molecule has 1 amide bonds. The predicted octanol–water partition coefficient (Wildman–Crippen LogP) is -0.103. The number of hydrogen-bond acceptors (Lipinski definition) is 6. The fraction of sp³-hybridized carbons (Fsp3) is 0.364. The van der Waals surface area contributed by atoms with E-state index in [4.69, 9.17) is 4.74 Å². The van der Waals surface area contributed by atoms with E-state index in [0.29, 0.717) is 25.6 Å². The quantitative estimate of drug-likeness (QED) is 0.781. The van der Waals surface area contributed by atoms with E-state index in [1.807, 2.05) is 6.92 Å². The molecule has 0 aromatic carbocycles. The summed E-state index contributed by atoms with van der Waals surface area (Å²) in [5, 5.41) is 6.67. The van der Waals surface area contributed by atoms with Crippen molar-refractivity contribution in [1.82, 2.24) is 30.0 Å². The third-order valence-corrected chi connectivity index (χ3v) is 2.26. The van der Waals surface area contributed by atoms with Crippen LogP contribution in [0.3, 0.4) is 0 Å². The van der Waals surface area contributed by atoms with Crippen LogP contribution in [-0.4, -0.2) is 43.8 Å². The molecule has 2 aromatic heterocycles. The zero-order valence-corrected chi connectivity index (χ0v) is 10.5. The lowest BCUT2D eigenvalue weighted by Crippen LogP contribution is -2.28. The molecule has 2 heterocycles. The molecule has 0 radical (unpaired) electrons. The van der Waals surface area contributed by atoms with Crippen LogP contribution in [0, 0.1) is 0 Å². The van der Waals surface area contributed by atoms with Crippen LogP contribution in [-0.2, 0) is 6.54 Å². The number of rotatable bonds is 6. The Bertz CT molecular complexity index is 528. The van der Waals surface area contributed by atoms with Gasteiger partial charge in [0.25, 0.3) is 5.91 Å². The van der Waals surface area contributed by atoms with Crippen molar-refractivity contribution in [2.45, 2.75) is 13.5 Å². The zero-order chi connectivity index (χ0) is 13.5. The predicted molar refractivity (Wildman–Crippen MR) is 65.6 cm³/mol. The monoisotopic (exact) mass is 262 g/mol. The van der Waals surface area contributed by atoms with E-state index in [0.717, 1.165) is 0 Å². The van der Waals surface area contributed by atoms with Crippen molar-refractivity contribution < 1.29 is 9.53 Å². The SMILES string of the molecule is CCOc1cc(C(=O)NCCn2cncn2)ncn1. The van der Waals surface area contributed by atoms with Gasteiger partial charge in [0.1, 0.15) is 24.7 Å². The van der Waals surface area contributed by atoms with Gasteiger partial charge in [-0.25, -0.2) is 15.0 Å². The Morgan fingerprint density at radius 1 is 1.42 bits per heavy atom. The average Bonchev–Trinajstić information content (AvgIpc) is 2.92. The first kappa shape index (κ1) is 12.9. The molecule has 0 aliphatic heterocycles. The van der Waals surface area contributed by atoms with Crippen molar-refractivity contribution in [2.24, 2.45) is 0 Å². The van der Waals surface area contributed by atoms with Gasteiger partial charge < -0.3 is 10.1 Å². The van der Waals surface area contributed by atoms with Crippen molar-refractivity contribution in [3.63, 3.8) is 0 Å². The number of nitrogens with zero attached hydrogens (tertiary/aromatic N) is 5. The third kappa shape index (κ3) is 3.73. The lowest BCUT2D eigenvalue weighted by Gasteiger charge is -2.06. The molecule has 0 atom stereocenters. The highest BCUT2D eigenvalue weighted by Gasteiger charge is 2.08. The van der Waals surface area contributed by atoms with Crippen LogP contribution in [0.25, 0.3) is 0 Å². The summed E-state index contributed by atoms with van der Waals surface area (Å²) in [6, 6.07) is 1.51. The molecule has 0 saturated heterocycles. The van der Waals surface area contributed by atoms with Crippen LogP contribution in [0.1, 0.15) is 17.4 Å². The summed E-state index contributed by atoms with van der Waals surface area (Å²) in [6.07, 6.45) is 4.34. The molecule has 0 bridgehead atoms. The van der Waals surface area contributed by atoms with E-state index >= 15 is 0 Å². The normalized spacial score (nSPS) is 10.2. The summed E-state index contributed by atoms with van der Waals surface area (Å²) in [5.74, 6) is 0.113. The molecule has 0 fully saturated rings. The molecule has 0 aliphatic carbocycles. The summed E-state index contributed by atoms with van der Waals surface area (Å²) in [6.45, 7) is 3.33. The van der Waals surface area contributed by atoms with Crippen LogP contribution in [0.5, 0.6) is 5.88 Å². The first-order valence-electron chi connectivity index (χ1n) is 5.85. The summed E-state index contributed by atoms with van der Waals surface area (Å²) in [5.41, 5.74) is 0.275. The van der Waals surface area contributed by atoms with E-state index in [-0.39, 0.29) is 11.6 Å². The van der Waals surface area contributed by atoms with E-state index < -0.39 is 0 Å². The number of aromatic nitrogens is 5. The van der Waals surface area contributed by atoms with Crippen LogP contribution in [0.15, 0.2) is 25.0 Å². The van der Waals surface area contributed by atoms with Crippen LogP contribution in [0.2, 0.25) is 0 Å². The Kier molecular flexibility index (Phi) is 4.38. The molecular weight excluding hydrogens is 248 g/mol. The Balaban J connectivity index is 1.87. The number of carbonyl (C=O) groups excluding carboxylic acids is 1. The van der Waals surface area contributed by atoms with E-state index in [1.165, 1.54) is 18.7 Å². The minimum absolute atomic E-state index is 0.275. The first-order chi connectivity index (χ1) is 9.29. The van der Waals surface area contributed by atoms with Crippen molar-refractivity contribution in [3.8, 4) is 5.88 Å². The van der Waals surface area contributed by atoms with Gasteiger partial charge in [-0.3, -0.25) is 9.48 Å². The average molecular weight is 262 g/mol. The van der Waals surface area contributed by atoms with Crippen LogP contribution >= 0.6 is 0 Å². The fourth-order valence-corrected chi connectivity index (χ4v) is 1.41. The Labute approximate surface area is 109 Å². The van der Waals surface area contributed by atoms with Crippen molar-refractivity contribution in [3.05, 3.63) is 30.7 Å². The number of ether oxygens (including phenoxy) is 1. The molecule has 2 rings (SSSR count). The highest BCUT2D eigenvalue weighted by Crippen LogP contribution is 2.06. The minimum Gasteiger partial charge on any atom is -0.478 e.